The molecule has 0 amide bonds. The number of ether oxygens (including phenoxy) is 1. The Balaban J connectivity index is 1.51. The van der Waals surface area contributed by atoms with E-state index in [9.17, 15) is 5.11 Å². The predicted octanol–water partition coefficient (Wildman–Crippen LogP) is 2.17. The molecule has 0 saturated carbocycles. The van der Waals surface area contributed by atoms with E-state index in [1.807, 2.05) is 6.07 Å². The molecule has 5 heteroatoms. The molecular formula is C18H27ClN2O2. The number of aliphatic hydroxyl groups is 1. The van der Waals surface area contributed by atoms with E-state index in [1.54, 1.807) is 0 Å². The van der Waals surface area contributed by atoms with Crippen molar-refractivity contribution in [3.05, 3.63) is 34.3 Å². The van der Waals surface area contributed by atoms with Crippen molar-refractivity contribution in [1.29, 1.82) is 0 Å². The first-order valence-corrected chi connectivity index (χ1v) is 8.93. The van der Waals surface area contributed by atoms with Crippen LogP contribution in [0.4, 0.5) is 0 Å². The molecule has 1 saturated heterocycles. The van der Waals surface area contributed by atoms with Crippen molar-refractivity contribution in [3.8, 4) is 0 Å². The van der Waals surface area contributed by atoms with Gasteiger partial charge in [0.2, 0.25) is 0 Å². The Kier molecular flexibility index (Phi) is 5.60. The zero-order valence-corrected chi connectivity index (χ0v) is 14.8. The van der Waals surface area contributed by atoms with Crippen LogP contribution in [0, 0.1) is 0 Å². The van der Waals surface area contributed by atoms with Crippen LogP contribution in [0.2, 0.25) is 5.02 Å². The van der Waals surface area contributed by atoms with Gasteiger partial charge >= 0.3 is 0 Å². The molecule has 2 aliphatic heterocycles. The first-order valence-electron chi connectivity index (χ1n) is 8.55. The zero-order valence-electron chi connectivity index (χ0n) is 14.0. The van der Waals surface area contributed by atoms with Crippen LogP contribution in [0.15, 0.2) is 18.2 Å². The average Bonchev–Trinajstić information content (AvgIpc) is 2.45. The van der Waals surface area contributed by atoms with Gasteiger partial charge in [0.1, 0.15) is 0 Å². The Hall–Kier alpha value is -0.650. The Morgan fingerprint density at radius 1 is 1.17 bits per heavy atom. The van der Waals surface area contributed by atoms with E-state index in [0.717, 1.165) is 44.2 Å². The van der Waals surface area contributed by atoms with Crippen LogP contribution in [0.1, 0.15) is 25.0 Å². The van der Waals surface area contributed by atoms with Gasteiger partial charge in [0.05, 0.1) is 18.3 Å². The van der Waals surface area contributed by atoms with Gasteiger partial charge < -0.3 is 9.84 Å². The molecule has 4 nitrogen and oxygen atoms in total. The van der Waals surface area contributed by atoms with Crippen LogP contribution in [0.25, 0.3) is 0 Å². The van der Waals surface area contributed by atoms with E-state index < -0.39 is 0 Å². The topological polar surface area (TPSA) is 35.9 Å². The number of fused-ring (bicyclic) bond motifs is 1. The fourth-order valence-corrected chi connectivity index (χ4v) is 4.02. The Morgan fingerprint density at radius 2 is 1.87 bits per heavy atom. The highest BCUT2D eigenvalue weighted by Crippen LogP contribution is 2.23. The number of nitrogens with zero attached hydrogens (tertiary/aromatic N) is 2. The minimum Gasteiger partial charge on any atom is -0.390 e. The SMILES string of the molecule is CC1CN(CC(O)CN2CCc3ccc(Cl)cc3C2)CC(C)O1. The van der Waals surface area contributed by atoms with Gasteiger partial charge in [-0.3, -0.25) is 9.80 Å². The smallest absolute Gasteiger partial charge is 0.0793 e. The van der Waals surface area contributed by atoms with Gasteiger partial charge in [-0.2, -0.15) is 0 Å². The van der Waals surface area contributed by atoms with Crippen molar-refractivity contribution in [3.63, 3.8) is 0 Å². The molecule has 0 radical (unpaired) electrons. The largest absolute Gasteiger partial charge is 0.390 e. The maximum Gasteiger partial charge on any atom is 0.0793 e. The van der Waals surface area contributed by atoms with Crippen molar-refractivity contribution in [2.75, 3.05) is 32.7 Å². The summed E-state index contributed by atoms with van der Waals surface area (Å²) in [7, 11) is 0. The van der Waals surface area contributed by atoms with Crippen molar-refractivity contribution in [2.45, 2.75) is 45.1 Å². The number of aliphatic hydroxyl groups excluding tert-OH is 1. The lowest BCUT2D eigenvalue weighted by Gasteiger charge is -2.37. The van der Waals surface area contributed by atoms with Crippen LogP contribution in [0.5, 0.6) is 0 Å². The molecule has 0 spiro atoms. The average molecular weight is 339 g/mol. The molecular weight excluding hydrogens is 312 g/mol. The van der Waals surface area contributed by atoms with Crippen LogP contribution in [0.3, 0.4) is 0 Å². The third-order valence-electron chi connectivity index (χ3n) is 4.69. The third-order valence-corrected chi connectivity index (χ3v) is 4.93. The minimum atomic E-state index is -0.326. The Morgan fingerprint density at radius 3 is 2.61 bits per heavy atom. The number of benzene rings is 1. The van der Waals surface area contributed by atoms with Gasteiger partial charge in [-0.15, -0.1) is 0 Å². The standard InChI is InChI=1S/C18H27ClN2O2/c1-13-8-21(9-14(2)23-13)12-18(22)11-20-6-5-15-3-4-17(19)7-16(15)10-20/h3-4,7,13-14,18,22H,5-6,8-12H2,1-2H3. The monoisotopic (exact) mass is 338 g/mol. The van der Waals surface area contributed by atoms with Crippen molar-refractivity contribution in [2.24, 2.45) is 0 Å². The molecule has 3 rings (SSSR count). The number of halogens is 1. The summed E-state index contributed by atoms with van der Waals surface area (Å²) in [6.07, 6.45) is 1.20. The van der Waals surface area contributed by atoms with Crippen molar-refractivity contribution >= 4 is 11.6 Å². The minimum absolute atomic E-state index is 0.245. The molecule has 128 valence electrons. The summed E-state index contributed by atoms with van der Waals surface area (Å²) in [5.41, 5.74) is 2.68. The van der Waals surface area contributed by atoms with Crippen molar-refractivity contribution < 1.29 is 9.84 Å². The van der Waals surface area contributed by atoms with E-state index in [4.69, 9.17) is 16.3 Å². The number of morpholine rings is 1. The van der Waals surface area contributed by atoms with Gasteiger partial charge in [-0.25, -0.2) is 0 Å². The van der Waals surface area contributed by atoms with E-state index in [2.05, 4.69) is 35.8 Å². The molecule has 3 atom stereocenters. The molecule has 1 aromatic rings. The predicted molar refractivity (Wildman–Crippen MR) is 92.9 cm³/mol. The highest BCUT2D eigenvalue weighted by molar-refractivity contribution is 6.30. The maximum absolute atomic E-state index is 10.5. The van der Waals surface area contributed by atoms with Gasteiger partial charge in [-0.1, -0.05) is 17.7 Å². The summed E-state index contributed by atoms with van der Waals surface area (Å²) in [5.74, 6) is 0. The quantitative estimate of drug-likeness (QED) is 0.912. The van der Waals surface area contributed by atoms with Crippen LogP contribution >= 0.6 is 11.6 Å². The van der Waals surface area contributed by atoms with E-state index >= 15 is 0 Å². The van der Waals surface area contributed by atoms with Gasteiger partial charge in [0.25, 0.3) is 0 Å². The summed E-state index contributed by atoms with van der Waals surface area (Å²) >= 11 is 6.10. The molecule has 0 bridgehead atoms. The molecule has 2 aliphatic rings. The summed E-state index contributed by atoms with van der Waals surface area (Å²) < 4.78 is 5.75. The Labute approximate surface area is 144 Å². The summed E-state index contributed by atoms with van der Waals surface area (Å²) in [6.45, 7) is 9.31. The van der Waals surface area contributed by atoms with Crippen LogP contribution < -0.4 is 0 Å². The Bertz CT molecular complexity index is 530. The highest BCUT2D eigenvalue weighted by atomic mass is 35.5. The molecule has 23 heavy (non-hydrogen) atoms. The molecule has 2 heterocycles. The first-order chi connectivity index (χ1) is 11.0. The number of rotatable bonds is 4. The highest BCUT2D eigenvalue weighted by Gasteiger charge is 2.25. The number of β-amino-alcohol motifs (C(OH)–C–C–N with tert-alkyl or cyclic N) is 1. The number of hydrogen-bond donors (Lipinski definition) is 1. The molecule has 1 N–H and O–H groups in total. The van der Waals surface area contributed by atoms with E-state index in [1.165, 1.54) is 11.1 Å². The lowest BCUT2D eigenvalue weighted by Crippen LogP contribution is -2.50. The second-order valence-corrected chi connectivity index (χ2v) is 7.46. The van der Waals surface area contributed by atoms with Gasteiger partial charge in [0, 0.05) is 44.3 Å². The van der Waals surface area contributed by atoms with Gasteiger partial charge in [-0.05, 0) is 43.5 Å². The second-order valence-electron chi connectivity index (χ2n) is 7.03. The van der Waals surface area contributed by atoms with E-state index in [0.29, 0.717) is 6.54 Å². The fraction of sp³-hybridized carbons (Fsp3) is 0.667. The normalized spacial score (nSPS) is 27.7. The lowest BCUT2D eigenvalue weighted by atomic mass is 9.99. The molecule has 1 aromatic carbocycles. The summed E-state index contributed by atoms with van der Waals surface area (Å²) in [5, 5.41) is 11.3. The molecule has 3 unspecified atom stereocenters. The molecule has 0 aliphatic carbocycles. The summed E-state index contributed by atoms with van der Waals surface area (Å²) in [4.78, 5) is 4.65. The summed E-state index contributed by atoms with van der Waals surface area (Å²) in [6, 6.07) is 6.15. The van der Waals surface area contributed by atoms with Crippen molar-refractivity contribution in [1.82, 2.24) is 9.80 Å². The fourth-order valence-electron chi connectivity index (χ4n) is 3.83. The first kappa shape index (κ1) is 17.2. The molecule has 0 aromatic heterocycles. The third kappa shape index (κ3) is 4.68. The lowest BCUT2D eigenvalue weighted by molar-refractivity contribution is -0.0781. The van der Waals surface area contributed by atoms with E-state index in [-0.39, 0.29) is 18.3 Å². The molecule has 1 fully saturated rings. The number of hydrogen-bond acceptors (Lipinski definition) is 4. The van der Waals surface area contributed by atoms with Crippen LogP contribution in [-0.4, -0.2) is 65.9 Å². The van der Waals surface area contributed by atoms with Gasteiger partial charge in [0.15, 0.2) is 0 Å². The second kappa shape index (κ2) is 7.49. The zero-order chi connectivity index (χ0) is 16.4. The maximum atomic E-state index is 10.5. The van der Waals surface area contributed by atoms with Crippen LogP contribution in [-0.2, 0) is 17.7 Å².